The number of halogens is 4. The van der Waals surface area contributed by atoms with Gasteiger partial charge in [0.25, 0.3) is 5.92 Å². The number of carbonyl (C=O) groups is 1. The fourth-order valence-corrected chi connectivity index (χ4v) is 3.43. The van der Waals surface area contributed by atoms with E-state index in [1.807, 2.05) is 0 Å². The molecule has 0 radical (unpaired) electrons. The highest BCUT2D eigenvalue weighted by Gasteiger charge is 2.33. The second kappa shape index (κ2) is 10.9. The SMILES string of the molecule is NC(N)=NOCCNC(=O)Cc1c(Cl)ccc(NCC(F)(F)c2cccc3cnccc23)c1F. The molecule has 3 rings (SSSR count). The maximum atomic E-state index is 15.0. The molecule has 8 nitrogen and oxygen atoms in total. The number of fused-ring (bicyclic) bond motifs is 1. The van der Waals surface area contributed by atoms with Crippen molar-refractivity contribution >= 4 is 39.9 Å². The first-order valence-corrected chi connectivity index (χ1v) is 10.5. The van der Waals surface area contributed by atoms with Gasteiger partial charge in [0, 0.05) is 33.9 Å². The molecule has 0 bridgehead atoms. The molecule has 1 amide bonds. The Morgan fingerprint density at radius 1 is 1.21 bits per heavy atom. The van der Waals surface area contributed by atoms with Gasteiger partial charge in [0.15, 0.2) is 5.82 Å². The number of rotatable bonds is 10. The summed E-state index contributed by atoms with van der Waals surface area (Å²) < 4.78 is 45.0. The number of anilines is 1. The number of hydrogen-bond donors (Lipinski definition) is 4. The Morgan fingerprint density at radius 2 is 2.00 bits per heavy atom. The Labute approximate surface area is 198 Å². The van der Waals surface area contributed by atoms with Crippen LogP contribution < -0.4 is 22.1 Å². The van der Waals surface area contributed by atoms with Gasteiger partial charge in [0.2, 0.25) is 11.9 Å². The molecule has 0 spiro atoms. The summed E-state index contributed by atoms with van der Waals surface area (Å²) in [4.78, 5) is 20.8. The molecule has 1 heterocycles. The van der Waals surface area contributed by atoms with Gasteiger partial charge in [0.1, 0.15) is 6.61 Å². The van der Waals surface area contributed by atoms with E-state index in [1.54, 1.807) is 6.07 Å². The van der Waals surface area contributed by atoms with Crippen LogP contribution >= 0.6 is 11.6 Å². The van der Waals surface area contributed by atoms with Gasteiger partial charge in [-0.3, -0.25) is 9.78 Å². The molecule has 12 heteroatoms. The lowest BCUT2D eigenvalue weighted by Crippen LogP contribution is -2.29. The van der Waals surface area contributed by atoms with Crippen molar-refractivity contribution in [1.29, 1.82) is 0 Å². The van der Waals surface area contributed by atoms with E-state index in [0.717, 1.165) is 0 Å². The molecule has 6 N–H and O–H groups in total. The molecular weight excluding hydrogens is 473 g/mol. The summed E-state index contributed by atoms with van der Waals surface area (Å²) in [5, 5.41) is 9.12. The molecule has 0 saturated carbocycles. The van der Waals surface area contributed by atoms with Crippen molar-refractivity contribution < 1.29 is 22.8 Å². The summed E-state index contributed by atoms with van der Waals surface area (Å²) in [6, 6.07) is 8.58. The number of aromatic nitrogens is 1. The van der Waals surface area contributed by atoms with Crippen molar-refractivity contribution in [1.82, 2.24) is 10.3 Å². The first-order chi connectivity index (χ1) is 16.2. The molecule has 0 fully saturated rings. The lowest BCUT2D eigenvalue weighted by Gasteiger charge is -2.21. The van der Waals surface area contributed by atoms with E-state index in [0.29, 0.717) is 10.8 Å². The highest BCUT2D eigenvalue weighted by atomic mass is 35.5. The van der Waals surface area contributed by atoms with Gasteiger partial charge in [-0.15, -0.1) is 0 Å². The maximum Gasteiger partial charge on any atom is 0.290 e. The van der Waals surface area contributed by atoms with Crippen LogP contribution in [-0.2, 0) is 22.0 Å². The normalized spacial score (nSPS) is 11.2. The summed E-state index contributed by atoms with van der Waals surface area (Å²) in [5.41, 5.74) is 9.65. The van der Waals surface area contributed by atoms with E-state index in [4.69, 9.17) is 27.9 Å². The standard InChI is InChI=1S/C22H22ClF3N6O2/c23-17-4-5-18(20(24)15(17)10-19(33)30-8-9-34-32-21(27)28)31-12-22(25,26)16-3-1-2-13-11-29-7-6-14(13)16/h1-7,11,31H,8-10,12H2,(H,30,33)(H4,27,28,32). The lowest BCUT2D eigenvalue weighted by atomic mass is 10.0. The van der Waals surface area contributed by atoms with Crippen molar-refractivity contribution in [3.63, 3.8) is 0 Å². The lowest BCUT2D eigenvalue weighted by molar-refractivity contribution is -0.120. The third kappa shape index (κ3) is 6.19. The largest absolute Gasteiger partial charge is 0.391 e. The van der Waals surface area contributed by atoms with Gasteiger partial charge in [-0.25, -0.2) is 4.39 Å². The zero-order valence-electron chi connectivity index (χ0n) is 17.8. The average molecular weight is 495 g/mol. The Morgan fingerprint density at radius 3 is 2.76 bits per heavy atom. The Balaban J connectivity index is 1.68. The van der Waals surface area contributed by atoms with Crippen LogP contribution in [0.2, 0.25) is 5.02 Å². The molecule has 0 unspecified atom stereocenters. The summed E-state index contributed by atoms with van der Waals surface area (Å²) in [7, 11) is 0. The number of oxime groups is 1. The molecular formula is C22H22ClF3N6O2. The van der Waals surface area contributed by atoms with Crippen LogP contribution in [0.25, 0.3) is 10.8 Å². The predicted octanol–water partition coefficient (Wildman–Crippen LogP) is 3.09. The topological polar surface area (TPSA) is 128 Å². The number of amides is 1. The monoisotopic (exact) mass is 494 g/mol. The molecule has 0 aliphatic carbocycles. The van der Waals surface area contributed by atoms with Gasteiger partial charge in [0.05, 0.1) is 25.2 Å². The van der Waals surface area contributed by atoms with Crippen molar-refractivity contribution in [3.8, 4) is 0 Å². The summed E-state index contributed by atoms with van der Waals surface area (Å²) >= 11 is 6.04. The van der Waals surface area contributed by atoms with Crippen LogP contribution in [0.4, 0.5) is 18.9 Å². The minimum absolute atomic E-state index is 0.0109. The van der Waals surface area contributed by atoms with Crippen molar-refractivity contribution in [2.24, 2.45) is 16.6 Å². The number of nitrogens with one attached hydrogen (secondary N) is 2. The minimum Gasteiger partial charge on any atom is -0.391 e. The van der Waals surface area contributed by atoms with Crippen LogP contribution in [0.1, 0.15) is 11.1 Å². The number of nitrogens with zero attached hydrogens (tertiary/aromatic N) is 2. The van der Waals surface area contributed by atoms with Gasteiger partial charge in [-0.1, -0.05) is 29.8 Å². The van der Waals surface area contributed by atoms with E-state index in [9.17, 15) is 4.79 Å². The quantitative estimate of drug-likeness (QED) is 0.148. The Hall–Kier alpha value is -3.73. The Bertz CT molecular complexity index is 1200. The molecule has 1 aromatic heterocycles. The highest BCUT2D eigenvalue weighted by Crippen LogP contribution is 2.34. The number of benzene rings is 2. The number of nitrogens with two attached hydrogens (primary N) is 2. The van der Waals surface area contributed by atoms with Crippen LogP contribution in [0.15, 0.2) is 53.9 Å². The smallest absolute Gasteiger partial charge is 0.290 e. The summed E-state index contributed by atoms with van der Waals surface area (Å²) in [6.07, 6.45) is 2.51. The Kier molecular flexibility index (Phi) is 8.00. The summed E-state index contributed by atoms with van der Waals surface area (Å²) in [6.45, 7) is -0.832. The van der Waals surface area contributed by atoms with Crippen molar-refractivity contribution in [2.75, 3.05) is 25.0 Å². The molecule has 0 aliphatic rings. The van der Waals surface area contributed by atoms with E-state index >= 15 is 13.2 Å². The van der Waals surface area contributed by atoms with Crippen LogP contribution in [-0.4, -0.2) is 36.5 Å². The number of hydrogen-bond acceptors (Lipinski definition) is 5. The zero-order chi connectivity index (χ0) is 24.7. The first kappa shape index (κ1) is 24.9. The third-order valence-corrected chi connectivity index (χ3v) is 5.14. The molecule has 0 saturated heterocycles. The summed E-state index contributed by atoms with van der Waals surface area (Å²) in [5.74, 6) is -5.04. The second-order valence-corrected chi connectivity index (χ2v) is 7.63. The maximum absolute atomic E-state index is 15.0. The third-order valence-electron chi connectivity index (χ3n) is 4.78. The fraction of sp³-hybridized carbons (Fsp3) is 0.227. The molecule has 0 atom stereocenters. The van der Waals surface area contributed by atoms with E-state index in [-0.39, 0.29) is 40.9 Å². The van der Waals surface area contributed by atoms with Gasteiger partial charge < -0.3 is 26.9 Å². The average Bonchev–Trinajstić information content (AvgIpc) is 2.80. The van der Waals surface area contributed by atoms with Crippen LogP contribution in [0.5, 0.6) is 0 Å². The second-order valence-electron chi connectivity index (χ2n) is 7.22. The number of guanidine groups is 1. The fourth-order valence-electron chi connectivity index (χ4n) is 3.22. The number of alkyl halides is 2. The van der Waals surface area contributed by atoms with E-state index in [1.165, 1.54) is 42.7 Å². The van der Waals surface area contributed by atoms with E-state index in [2.05, 4.69) is 20.8 Å². The molecule has 34 heavy (non-hydrogen) atoms. The highest BCUT2D eigenvalue weighted by molar-refractivity contribution is 6.31. The number of carbonyl (C=O) groups excluding carboxylic acids is 1. The van der Waals surface area contributed by atoms with Crippen molar-refractivity contribution in [3.05, 3.63) is 70.8 Å². The number of pyridine rings is 1. The molecule has 0 aliphatic heterocycles. The first-order valence-electron chi connectivity index (χ1n) is 10.1. The molecule has 180 valence electrons. The van der Waals surface area contributed by atoms with E-state index < -0.39 is 30.6 Å². The minimum atomic E-state index is -3.32. The van der Waals surface area contributed by atoms with Gasteiger partial charge in [-0.05, 0) is 28.7 Å². The van der Waals surface area contributed by atoms with Crippen LogP contribution in [0.3, 0.4) is 0 Å². The predicted molar refractivity (Wildman–Crippen MR) is 124 cm³/mol. The van der Waals surface area contributed by atoms with Crippen LogP contribution in [0, 0.1) is 5.82 Å². The van der Waals surface area contributed by atoms with Gasteiger partial charge >= 0.3 is 0 Å². The molecule has 3 aromatic rings. The van der Waals surface area contributed by atoms with Crippen molar-refractivity contribution in [2.45, 2.75) is 12.3 Å². The van der Waals surface area contributed by atoms with Gasteiger partial charge in [-0.2, -0.15) is 8.78 Å². The molecule has 2 aromatic carbocycles. The zero-order valence-corrected chi connectivity index (χ0v) is 18.6.